The summed E-state index contributed by atoms with van der Waals surface area (Å²) in [5.74, 6) is 6.29. The highest BCUT2D eigenvalue weighted by Crippen LogP contribution is 2.15. The molecule has 1 rings (SSSR count). The third-order valence-electron chi connectivity index (χ3n) is 1.64. The van der Waals surface area contributed by atoms with Crippen LogP contribution in [-0.4, -0.2) is 18.4 Å². The monoisotopic (exact) mass is 190 g/mol. The maximum Gasteiger partial charge on any atom is 0.134 e. The molecule has 0 aromatic heterocycles. The number of benzene rings is 1. The number of nitrogens with one attached hydrogen (secondary N) is 1. The molecular formula is C11H12NO2. The molecule has 0 aliphatic carbocycles. The van der Waals surface area contributed by atoms with Gasteiger partial charge in [-0.05, 0) is 19.1 Å². The van der Waals surface area contributed by atoms with Crippen molar-refractivity contribution < 1.29 is 9.94 Å². The van der Waals surface area contributed by atoms with Gasteiger partial charge in [-0.3, -0.25) is 0 Å². The zero-order chi connectivity index (χ0) is 10.4. The Morgan fingerprint density at radius 1 is 1.50 bits per heavy atom. The van der Waals surface area contributed by atoms with Gasteiger partial charge in [-0.1, -0.05) is 24.0 Å². The van der Waals surface area contributed by atoms with Gasteiger partial charge in [0, 0.05) is 0 Å². The van der Waals surface area contributed by atoms with Crippen molar-refractivity contribution in [2.45, 2.75) is 6.04 Å². The molecule has 0 bridgehead atoms. The fourth-order valence-corrected chi connectivity index (χ4v) is 0.945. The predicted molar refractivity (Wildman–Crippen MR) is 53.9 cm³/mol. The minimum atomic E-state index is -0.500. The largest absolute Gasteiger partial charge is 0.495 e. The Hall–Kier alpha value is -1.50. The third-order valence-corrected chi connectivity index (χ3v) is 1.64. The molecule has 3 nitrogen and oxygen atoms in total. The molecule has 0 spiro atoms. The standard InChI is InChI=1S/C11H12NO2/c1-9(12-13)7-8-10-5-3-4-6-11(10)14-2/h3-6,9,12-13H,1H2,2H3. The van der Waals surface area contributed by atoms with Gasteiger partial charge in [0.2, 0.25) is 0 Å². The van der Waals surface area contributed by atoms with Gasteiger partial charge >= 0.3 is 0 Å². The van der Waals surface area contributed by atoms with E-state index in [1.807, 2.05) is 29.7 Å². The van der Waals surface area contributed by atoms with Crippen LogP contribution >= 0.6 is 0 Å². The van der Waals surface area contributed by atoms with E-state index in [4.69, 9.17) is 9.94 Å². The maximum absolute atomic E-state index is 8.49. The van der Waals surface area contributed by atoms with Gasteiger partial charge in [0.05, 0.1) is 18.7 Å². The van der Waals surface area contributed by atoms with E-state index >= 15 is 0 Å². The maximum atomic E-state index is 8.49. The molecule has 73 valence electrons. The molecule has 0 fully saturated rings. The van der Waals surface area contributed by atoms with Crippen LogP contribution in [0.15, 0.2) is 24.3 Å². The second-order valence-electron chi connectivity index (χ2n) is 2.65. The number of hydrogen-bond donors (Lipinski definition) is 2. The van der Waals surface area contributed by atoms with Crippen LogP contribution in [-0.2, 0) is 0 Å². The topological polar surface area (TPSA) is 41.5 Å². The summed E-state index contributed by atoms with van der Waals surface area (Å²) >= 11 is 0. The Morgan fingerprint density at radius 3 is 2.86 bits per heavy atom. The van der Waals surface area contributed by atoms with Gasteiger partial charge in [-0.2, -0.15) is 5.48 Å². The first-order valence-corrected chi connectivity index (χ1v) is 4.15. The Morgan fingerprint density at radius 2 is 2.21 bits per heavy atom. The number of para-hydroxylation sites is 1. The van der Waals surface area contributed by atoms with E-state index in [0.29, 0.717) is 5.75 Å². The number of rotatable bonds is 2. The molecule has 1 aromatic rings. The smallest absolute Gasteiger partial charge is 0.134 e. The SMILES string of the molecule is [CH2]C(C#Cc1ccccc1OC)NO. The second kappa shape index (κ2) is 5.28. The molecule has 1 aromatic carbocycles. The van der Waals surface area contributed by atoms with Gasteiger partial charge in [0.1, 0.15) is 5.75 Å². The van der Waals surface area contributed by atoms with E-state index in [2.05, 4.69) is 18.8 Å². The van der Waals surface area contributed by atoms with Crippen molar-refractivity contribution in [2.24, 2.45) is 0 Å². The van der Waals surface area contributed by atoms with Crippen molar-refractivity contribution in [3.05, 3.63) is 36.8 Å². The fourth-order valence-electron chi connectivity index (χ4n) is 0.945. The Kier molecular flexibility index (Phi) is 3.99. The lowest BCUT2D eigenvalue weighted by molar-refractivity contribution is 0.160. The Labute approximate surface area is 83.7 Å². The van der Waals surface area contributed by atoms with Crippen molar-refractivity contribution in [1.29, 1.82) is 0 Å². The first-order chi connectivity index (χ1) is 6.77. The summed E-state index contributed by atoms with van der Waals surface area (Å²) in [6.45, 7) is 3.55. The summed E-state index contributed by atoms with van der Waals surface area (Å²) in [4.78, 5) is 0. The highest BCUT2D eigenvalue weighted by Gasteiger charge is 1.97. The van der Waals surface area contributed by atoms with Crippen LogP contribution in [0.4, 0.5) is 0 Å². The lowest BCUT2D eigenvalue weighted by atomic mass is 10.2. The van der Waals surface area contributed by atoms with Crippen LogP contribution in [0.1, 0.15) is 5.56 Å². The van der Waals surface area contributed by atoms with Gasteiger partial charge < -0.3 is 9.94 Å². The molecular weight excluding hydrogens is 178 g/mol. The van der Waals surface area contributed by atoms with Crippen LogP contribution in [0.25, 0.3) is 0 Å². The van der Waals surface area contributed by atoms with E-state index in [0.717, 1.165) is 5.56 Å². The third kappa shape index (κ3) is 2.77. The van der Waals surface area contributed by atoms with Crippen molar-refractivity contribution in [2.75, 3.05) is 7.11 Å². The highest BCUT2D eigenvalue weighted by molar-refractivity contribution is 5.46. The van der Waals surface area contributed by atoms with Gasteiger partial charge in [-0.15, -0.1) is 0 Å². The number of ether oxygens (including phenoxy) is 1. The Bertz CT molecular complexity index is 352. The van der Waals surface area contributed by atoms with Gasteiger partial charge in [0.25, 0.3) is 0 Å². The second-order valence-corrected chi connectivity index (χ2v) is 2.65. The molecule has 0 saturated heterocycles. The summed E-state index contributed by atoms with van der Waals surface area (Å²) in [5.41, 5.74) is 2.72. The molecule has 0 amide bonds. The molecule has 3 heteroatoms. The van der Waals surface area contributed by atoms with E-state index in [9.17, 15) is 0 Å². The molecule has 0 aliphatic rings. The van der Waals surface area contributed by atoms with E-state index in [1.54, 1.807) is 7.11 Å². The zero-order valence-corrected chi connectivity index (χ0v) is 7.95. The average Bonchev–Trinajstić information content (AvgIpc) is 2.26. The Balaban J connectivity index is 2.88. The fraction of sp³-hybridized carbons (Fsp3) is 0.182. The molecule has 0 saturated carbocycles. The van der Waals surface area contributed by atoms with E-state index in [1.165, 1.54) is 0 Å². The molecule has 0 heterocycles. The summed E-state index contributed by atoms with van der Waals surface area (Å²) in [6, 6.07) is 6.91. The summed E-state index contributed by atoms with van der Waals surface area (Å²) in [6.07, 6.45) is 0. The van der Waals surface area contributed by atoms with Gasteiger partial charge in [0.15, 0.2) is 0 Å². The summed E-state index contributed by atoms with van der Waals surface area (Å²) in [5, 5.41) is 8.49. The predicted octanol–water partition coefficient (Wildman–Crippen LogP) is 1.23. The van der Waals surface area contributed by atoms with Crippen molar-refractivity contribution in [3.63, 3.8) is 0 Å². The van der Waals surface area contributed by atoms with E-state index in [-0.39, 0.29) is 0 Å². The van der Waals surface area contributed by atoms with Crippen molar-refractivity contribution in [1.82, 2.24) is 5.48 Å². The van der Waals surface area contributed by atoms with Crippen molar-refractivity contribution in [3.8, 4) is 17.6 Å². The molecule has 2 N–H and O–H groups in total. The summed E-state index contributed by atoms with van der Waals surface area (Å²) in [7, 11) is 1.59. The summed E-state index contributed by atoms with van der Waals surface area (Å²) < 4.78 is 5.11. The lowest BCUT2D eigenvalue weighted by Gasteiger charge is -2.02. The minimum absolute atomic E-state index is 0.500. The van der Waals surface area contributed by atoms with Crippen LogP contribution in [0.5, 0.6) is 5.75 Å². The molecule has 1 radical (unpaired) electrons. The first kappa shape index (κ1) is 10.6. The quantitative estimate of drug-likeness (QED) is 0.544. The first-order valence-electron chi connectivity index (χ1n) is 4.15. The van der Waals surface area contributed by atoms with E-state index < -0.39 is 6.04 Å². The van der Waals surface area contributed by atoms with Crippen LogP contribution in [0.2, 0.25) is 0 Å². The number of hydrogen-bond acceptors (Lipinski definition) is 3. The highest BCUT2D eigenvalue weighted by atomic mass is 16.5. The number of methoxy groups -OCH3 is 1. The molecule has 1 unspecified atom stereocenters. The minimum Gasteiger partial charge on any atom is -0.495 e. The molecule has 0 aliphatic heterocycles. The molecule has 14 heavy (non-hydrogen) atoms. The van der Waals surface area contributed by atoms with Crippen molar-refractivity contribution >= 4 is 0 Å². The van der Waals surface area contributed by atoms with Crippen LogP contribution < -0.4 is 10.2 Å². The molecule has 1 atom stereocenters. The van der Waals surface area contributed by atoms with Crippen LogP contribution in [0, 0.1) is 18.8 Å². The number of hydroxylamine groups is 1. The average molecular weight is 190 g/mol. The van der Waals surface area contributed by atoms with Crippen LogP contribution in [0.3, 0.4) is 0 Å². The lowest BCUT2D eigenvalue weighted by Crippen LogP contribution is -2.19. The normalized spacial score (nSPS) is 11.4. The van der Waals surface area contributed by atoms with Gasteiger partial charge in [-0.25, -0.2) is 0 Å². The zero-order valence-electron chi connectivity index (χ0n) is 7.95.